The summed E-state index contributed by atoms with van der Waals surface area (Å²) in [6.07, 6.45) is 1.65. The average molecular weight is 459 g/mol. The SMILES string of the molecule is Cc1ccc(OC(C)c2ccccc2)c2c(C(=O)[O-])cc(-c3nc4ccccn4c3C)nc12.[Na+]. The Hall–Kier alpha value is -3.19. The number of hydrogen-bond donors (Lipinski definition) is 0. The van der Waals surface area contributed by atoms with Crippen LogP contribution >= 0.6 is 0 Å². The number of carbonyl (C=O) groups is 1. The van der Waals surface area contributed by atoms with Crippen molar-refractivity contribution in [3.05, 3.63) is 95.3 Å². The van der Waals surface area contributed by atoms with Gasteiger partial charge in [-0.15, -0.1) is 0 Å². The van der Waals surface area contributed by atoms with Gasteiger partial charge in [0.15, 0.2) is 0 Å². The first kappa shape index (κ1) is 24.0. The number of aromatic carboxylic acids is 1. The first-order chi connectivity index (χ1) is 15.9. The molecule has 1 unspecified atom stereocenters. The van der Waals surface area contributed by atoms with Gasteiger partial charge < -0.3 is 19.0 Å². The quantitative estimate of drug-likeness (QED) is 0.374. The summed E-state index contributed by atoms with van der Waals surface area (Å²) >= 11 is 0. The Labute approximate surface area is 219 Å². The third-order valence-electron chi connectivity index (χ3n) is 5.93. The number of benzene rings is 2. The normalized spacial score (nSPS) is 11.9. The van der Waals surface area contributed by atoms with E-state index in [1.807, 2.05) is 86.0 Å². The van der Waals surface area contributed by atoms with Gasteiger partial charge in [0.05, 0.1) is 22.6 Å². The second-order valence-corrected chi connectivity index (χ2v) is 8.09. The zero-order valence-corrected chi connectivity index (χ0v) is 21.6. The summed E-state index contributed by atoms with van der Waals surface area (Å²) in [6, 6.07) is 20.7. The third kappa shape index (κ3) is 4.20. The molecule has 3 aromatic heterocycles. The van der Waals surface area contributed by atoms with E-state index in [9.17, 15) is 9.90 Å². The third-order valence-corrected chi connectivity index (χ3v) is 5.93. The maximum atomic E-state index is 12.3. The molecule has 2 aromatic carbocycles. The maximum Gasteiger partial charge on any atom is 1.00 e. The van der Waals surface area contributed by atoms with Crippen molar-refractivity contribution in [2.75, 3.05) is 0 Å². The van der Waals surface area contributed by atoms with Crippen LogP contribution < -0.4 is 39.4 Å². The monoisotopic (exact) mass is 459 g/mol. The summed E-state index contributed by atoms with van der Waals surface area (Å²) in [6.45, 7) is 5.77. The minimum absolute atomic E-state index is 0. The van der Waals surface area contributed by atoms with E-state index in [1.54, 1.807) is 6.07 Å². The van der Waals surface area contributed by atoms with Crippen molar-refractivity contribution in [3.63, 3.8) is 0 Å². The Morgan fingerprint density at radius 2 is 1.74 bits per heavy atom. The average Bonchev–Trinajstić information content (AvgIpc) is 3.17. The van der Waals surface area contributed by atoms with E-state index in [2.05, 4.69) is 4.98 Å². The van der Waals surface area contributed by atoms with E-state index in [-0.39, 0.29) is 41.2 Å². The van der Waals surface area contributed by atoms with Crippen molar-refractivity contribution in [2.45, 2.75) is 26.9 Å². The van der Waals surface area contributed by atoms with Crippen molar-refractivity contribution in [3.8, 4) is 17.1 Å². The standard InChI is InChI=1S/C27H23N3O3.Na/c1-16-12-13-22(33-18(3)19-9-5-4-6-10-19)24-20(27(31)32)15-21(28-25(16)24)26-17(2)30-14-8-7-11-23(30)29-26;/h4-15,18H,1-3H3,(H,31,32);/q;+1/p-1. The van der Waals surface area contributed by atoms with Gasteiger partial charge in [0.25, 0.3) is 0 Å². The molecule has 5 aromatic rings. The molecule has 6 nitrogen and oxygen atoms in total. The van der Waals surface area contributed by atoms with Crippen LogP contribution in [0.4, 0.5) is 0 Å². The molecule has 5 rings (SSSR count). The number of carboxylic acids is 1. The first-order valence-electron chi connectivity index (χ1n) is 10.8. The first-order valence-corrected chi connectivity index (χ1v) is 10.8. The molecule has 0 spiro atoms. The van der Waals surface area contributed by atoms with Gasteiger partial charge in [0.1, 0.15) is 23.2 Å². The molecule has 0 N–H and O–H groups in total. The molecule has 0 saturated heterocycles. The number of ether oxygens (including phenoxy) is 1. The van der Waals surface area contributed by atoms with Gasteiger partial charge in [-0.1, -0.05) is 42.5 Å². The Bertz CT molecular complexity index is 1510. The van der Waals surface area contributed by atoms with Crippen LogP contribution in [0.1, 0.15) is 40.2 Å². The molecule has 3 heterocycles. The molecule has 0 fully saturated rings. The molecule has 0 amide bonds. The fourth-order valence-corrected chi connectivity index (χ4v) is 4.17. The zero-order valence-electron chi connectivity index (χ0n) is 19.6. The number of carbonyl (C=O) groups excluding carboxylic acids is 1. The van der Waals surface area contributed by atoms with E-state index in [0.29, 0.717) is 28.0 Å². The molecule has 0 aliphatic heterocycles. The topological polar surface area (TPSA) is 79.5 Å². The van der Waals surface area contributed by atoms with Crippen LogP contribution in [0.3, 0.4) is 0 Å². The second kappa shape index (κ2) is 9.58. The second-order valence-electron chi connectivity index (χ2n) is 8.09. The molecule has 0 aliphatic rings. The van der Waals surface area contributed by atoms with E-state index in [0.717, 1.165) is 22.5 Å². The molecule has 34 heavy (non-hydrogen) atoms. The van der Waals surface area contributed by atoms with Gasteiger partial charge in [-0.3, -0.25) is 0 Å². The zero-order chi connectivity index (χ0) is 23.1. The summed E-state index contributed by atoms with van der Waals surface area (Å²) in [5, 5.41) is 12.7. The minimum Gasteiger partial charge on any atom is -0.545 e. The van der Waals surface area contributed by atoms with Crippen molar-refractivity contribution < 1.29 is 44.2 Å². The molecular formula is C27H22N3NaO3. The summed E-state index contributed by atoms with van der Waals surface area (Å²) in [5.41, 5.74) is 5.19. The number of aromatic nitrogens is 3. The number of rotatable bonds is 5. The number of pyridine rings is 2. The number of carboxylic acid groups (broad SMARTS) is 1. The molecule has 0 radical (unpaired) electrons. The van der Waals surface area contributed by atoms with Crippen LogP contribution in [0.2, 0.25) is 0 Å². The molecule has 0 saturated carbocycles. The van der Waals surface area contributed by atoms with E-state index >= 15 is 0 Å². The maximum absolute atomic E-state index is 12.3. The predicted octanol–water partition coefficient (Wildman–Crippen LogP) is 1.67. The fourth-order valence-electron chi connectivity index (χ4n) is 4.17. The Morgan fingerprint density at radius 1 is 1.00 bits per heavy atom. The van der Waals surface area contributed by atoms with Crippen LogP contribution in [-0.2, 0) is 0 Å². The fraction of sp³-hybridized carbons (Fsp3) is 0.148. The number of hydrogen-bond acceptors (Lipinski definition) is 5. The number of fused-ring (bicyclic) bond motifs is 2. The molecule has 1 atom stereocenters. The Kier molecular flexibility index (Phi) is 6.75. The molecule has 7 heteroatoms. The van der Waals surface area contributed by atoms with Crippen LogP contribution in [0.25, 0.3) is 27.9 Å². The summed E-state index contributed by atoms with van der Waals surface area (Å²) < 4.78 is 8.18. The Morgan fingerprint density at radius 3 is 2.44 bits per heavy atom. The molecular weight excluding hydrogens is 437 g/mol. The summed E-state index contributed by atoms with van der Waals surface area (Å²) in [4.78, 5) is 21.8. The van der Waals surface area contributed by atoms with Crippen molar-refractivity contribution in [1.29, 1.82) is 0 Å². The largest absolute Gasteiger partial charge is 1.00 e. The smallest absolute Gasteiger partial charge is 0.545 e. The van der Waals surface area contributed by atoms with Crippen molar-refractivity contribution in [2.24, 2.45) is 0 Å². The van der Waals surface area contributed by atoms with Crippen LogP contribution in [-0.4, -0.2) is 20.3 Å². The molecule has 0 aliphatic carbocycles. The van der Waals surface area contributed by atoms with E-state index in [1.165, 1.54) is 6.07 Å². The van der Waals surface area contributed by atoms with Gasteiger partial charge in [0, 0.05) is 17.5 Å². The Balaban J connectivity index is 0.00000274. The van der Waals surface area contributed by atoms with Gasteiger partial charge in [-0.2, -0.15) is 0 Å². The van der Waals surface area contributed by atoms with Crippen LogP contribution in [0.5, 0.6) is 5.75 Å². The number of imidazole rings is 1. The van der Waals surface area contributed by atoms with E-state index in [4.69, 9.17) is 9.72 Å². The summed E-state index contributed by atoms with van der Waals surface area (Å²) in [5.74, 6) is -0.829. The predicted molar refractivity (Wildman–Crippen MR) is 125 cm³/mol. The van der Waals surface area contributed by atoms with Crippen LogP contribution in [0, 0.1) is 13.8 Å². The summed E-state index contributed by atoms with van der Waals surface area (Å²) in [7, 11) is 0. The number of aryl methyl sites for hydroxylation is 2. The van der Waals surface area contributed by atoms with Crippen LogP contribution in [0.15, 0.2) is 72.9 Å². The number of nitrogens with zero attached hydrogens (tertiary/aromatic N) is 3. The molecule has 0 bridgehead atoms. The van der Waals surface area contributed by atoms with Gasteiger partial charge >= 0.3 is 29.6 Å². The minimum atomic E-state index is -1.28. The van der Waals surface area contributed by atoms with Gasteiger partial charge in [-0.25, -0.2) is 9.97 Å². The molecule has 164 valence electrons. The van der Waals surface area contributed by atoms with Gasteiger partial charge in [-0.05, 0) is 56.2 Å². The van der Waals surface area contributed by atoms with E-state index < -0.39 is 5.97 Å². The van der Waals surface area contributed by atoms with Gasteiger partial charge in [0.2, 0.25) is 0 Å². The van der Waals surface area contributed by atoms with Crippen molar-refractivity contribution >= 4 is 22.5 Å². The van der Waals surface area contributed by atoms with Crippen molar-refractivity contribution in [1.82, 2.24) is 14.4 Å².